The lowest BCUT2D eigenvalue weighted by atomic mass is 10.2. The Kier molecular flexibility index (Phi) is 5.36. The summed E-state index contributed by atoms with van der Waals surface area (Å²) in [6.07, 6.45) is 2.82. The maximum Gasteiger partial charge on any atom is 0.270 e. The van der Waals surface area contributed by atoms with Crippen LogP contribution in [0.3, 0.4) is 0 Å². The van der Waals surface area contributed by atoms with Crippen LogP contribution in [-0.2, 0) is 16.6 Å². The highest BCUT2D eigenvalue weighted by molar-refractivity contribution is 7.92. The fourth-order valence-electron chi connectivity index (χ4n) is 2.31. The molecule has 1 heterocycles. The maximum atomic E-state index is 12.4. The molecule has 0 radical (unpaired) electrons. The molecule has 140 valence electrons. The lowest BCUT2D eigenvalue weighted by Gasteiger charge is -2.06. The van der Waals surface area contributed by atoms with Crippen molar-refractivity contribution in [1.29, 1.82) is 0 Å². The summed E-state index contributed by atoms with van der Waals surface area (Å²) in [5, 5.41) is 15.9. The van der Waals surface area contributed by atoms with Gasteiger partial charge in [0.05, 0.1) is 28.2 Å². The number of anilines is 1. The third-order valence-electron chi connectivity index (χ3n) is 3.57. The van der Waals surface area contributed by atoms with Crippen molar-refractivity contribution in [3.63, 3.8) is 0 Å². The van der Waals surface area contributed by atoms with Gasteiger partial charge in [-0.1, -0.05) is 35.3 Å². The molecule has 3 aromatic rings. The first kappa shape index (κ1) is 19.2. The Morgan fingerprint density at radius 3 is 2.67 bits per heavy atom. The average Bonchev–Trinajstić information content (AvgIpc) is 3.04. The first-order valence-corrected chi connectivity index (χ1v) is 9.72. The summed E-state index contributed by atoms with van der Waals surface area (Å²) in [5.41, 5.74) is 0.662. The van der Waals surface area contributed by atoms with Gasteiger partial charge in [0, 0.05) is 28.4 Å². The van der Waals surface area contributed by atoms with Crippen LogP contribution >= 0.6 is 23.2 Å². The van der Waals surface area contributed by atoms with Crippen molar-refractivity contribution in [3.8, 4) is 0 Å². The fourth-order valence-corrected chi connectivity index (χ4v) is 3.84. The Morgan fingerprint density at radius 2 is 1.96 bits per heavy atom. The van der Waals surface area contributed by atoms with E-state index in [4.69, 9.17) is 23.2 Å². The summed E-state index contributed by atoms with van der Waals surface area (Å²) in [7, 11) is -3.99. The first-order valence-electron chi connectivity index (χ1n) is 7.48. The van der Waals surface area contributed by atoms with Gasteiger partial charge in [-0.3, -0.25) is 19.5 Å². The average molecular weight is 427 g/mol. The Morgan fingerprint density at radius 1 is 1.19 bits per heavy atom. The van der Waals surface area contributed by atoms with Crippen LogP contribution in [0.4, 0.5) is 11.4 Å². The number of nitrogens with zero attached hydrogens (tertiary/aromatic N) is 3. The summed E-state index contributed by atoms with van der Waals surface area (Å²) in [5.74, 6) is 0. The minimum atomic E-state index is -3.99. The van der Waals surface area contributed by atoms with Gasteiger partial charge in [-0.25, -0.2) is 8.42 Å². The van der Waals surface area contributed by atoms with E-state index in [0.717, 1.165) is 11.6 Å². The van der Waals surface area contributed by atoms with E-state index in [2.05, 4.69) is 9.82 Å². The van der Waals surface area contributed by atoms with E-state index in [1.54, 1.807) is 18.2 Å². The highest BCUT2D eigenvalue weighted by atomic mass is 35.5. The molecule has 1 N–H and O–H groups in total. The zero-order valence-electron chi connectivity index (χ0n) is 13.5. The molecular weight excluding hydrogens is 415 g/mol. The number of nitrogens with one attached hydrogen (secondary N) is 1. The number of rotatable bonds is 6. The van der Waals surface area contributed by atoms with Crippen LogP contribution in [-0.4, -0.2) is 23.1 Å². The van der Waals surface area contributed by atoms with Crippen molar-refractivity contribution in [1.82, 2.24) is 9.78 Å². The van der Waals surface area contributed by atoms with Crippen molar-refractivity contribution in [2.45, 2.75) is 11.4 Å². The Hall–Kier alpha value is -2.62. The van der Waals surface area contributed by atoms with Crippen LogP contribution in [0.5, 0.6) is 0 Å². The van der Waals surface area contributed by atoms with Crippen LogP contribution < -0.4 is 4.72 Å². The van der Waals surface area contributed by atoms with Gasteiger partial charge in [0.2, 0.25) is 0 Å². The van der Waals surface area contributed by atoms with E-state index in [1.165, 1.54) is 35.3 Å². The number of hydrogen-bond donors (Lipinski definition) is 1. The minimum Gasteiger partial charge on any atom is -0.276 e. The maximum absolute atomic E-state index is 12.4. The van der Waals surface area contributed by atoms with E-state index < -0.39 is 14.9 Å². The van der Waals surface area contributed by atoms with Crippen molar-refractivity contribution in [3.05, 3.63) is 80.6 Å². The van der Waals surface area contributed by atoms with Gasteiger partial charge in [-0.05, 0) is 23.8 Å². The third kappa shape index (κ3) is 4.57. The smallest absolute Gasteiger partial charge is 0.270 e. The molecule has 0 aliphatic carbocycles. The Bertz CT molecular complexity index is 1120. The SMILES string of the molecule is O=[N+]([O-])c1cccc(S(=O)(=O)Nc2cnn(Cc3ccc(Cl)cc3Cl)c2)c1. The number of halogens is 2. The largest absolute Gasteiger partial charge is 0.276 e. The Balaban J connectivity index is 1.78. The third-order valence-corrected chi connectivity index (χ3v) is 5.54. The number of nitro groups is 1. The molecule has 0 amide bonds. The summed E-state index contributed by atoms with van der Waals surface area (Å²) in [6.45, 7) is 0.314. The molecule has 0 aliphatic heterocycles. The van der Waals surface area contributed by atoms with Gasteiger partial charge in [0.25, 0.3) is 15.7 Å². The molecule has 0 spiro atoms. The van der Waals surface area contributed by atoms with Gasteiger partial charge < -0.3 is 0 Å². The molecule has 3 rings (SSSR count). The molecule has 0 fully saturated rings. The normalized spacial score (nSPS) is 11.3. The van der Waals surface area contributed by atoms with Crippen molar-refractivity contribution >= 4 is 44.6 Å². The molecule has 0 saturated heterocycles. The number of non-ortho nitro benzene ring substituents is 1. The van der Waals surface area contributed by atoms with Crippen LogP contribution in [0.1, 0.15) is 5.56 Å². The first-order chi connectivity index (χ1) is 12.7. The highest BCUT2D eigenvalue weighted by Crippen LogP contribution is 2.23. The zero-order chi connectivity index (χ0) is 19.6. The molecular formula is C16H12Cl2N4O4S. The summed E-state index contributed by atoms with van der Waals surface area (Å²) < 4.78 is 28.7. The van der Waals surface area contributed by atoms with E-state index in [-0.39, 0.29) is 16.3 Å². The molecule has 0 unspecified atom stereocenters. The molecule has 0 aliphatic rings. The lowest BCUT2D eigenvalue weighted by molar-refractivity contribution is -0.385. The number of nitro benzene ring substituents is 1. The topological polar surface area (TPSA) is 107 Å². The van der Waals surface area contributed by atoms with E-state index in [1.807, 2.05) is 0 Å². The molecule has 0 bridgehead atoms. The van der Waals surface area contributed by atoms with E-state index >= 15 is 0 Å². The zero-order valence-corrected chi connectivity index (χ0v) is 15.9. The molecule has 0 saturated carbocycles. The standard InChI is InChI=1S/C16H12Cl2N4O4S/c17-12-5-4-11(16(18)6-12)9-21-10-13(8-19-21)20-27(25,26)15-3-1-2-14(7-15)22(23)24/h1-8,10,20H,9H2. The molecule has 27 heavy (non-hydrogen) atoms. The summed E-state index contributed by atoms with van der Waals surface area (Å²) in [6, 6.07) is 9.82. The van der Waals surface area contributed by atoms with Crippen molar-refractivity contribution < 1.29 is 13.3 Å². The fraction of sp³-hybridized carbons (Fsp3) is 0.0625. The number of hydrogen-bond acceptors (Lipinski definition) is 5. The van der Waals surface area contributed by atoms with Crippen molar-refractivity contribution in [2.24, 2.45) is 0 Å². The predicted molar refractivity (Wildman–Crippen MR) is 102 cm³/mol. The number of sulfonamides is 1. The minimum absolute atomic E-state index is 0.214. The van der Waals surface area contributed by atoms with Gasteiger partial charge in [0.1, 0.15) is 0 Å². The second kappa shape index (κ2) is 7.55. The number of benzene rings is 2. The second-order valence-electron chi connectivity index (χ2n) is 5.52. The van der Waals surface area contributed by atoms with E-state index in [9.17, 15) is 18.5 Å². The second-order valence-corrected chi connectivity index (χ2v) is 8.05. The monoisotopic (exact) mass is 426 g/mol. The quantitative estimate of drug-likeness (QED) is 0.474. The van der Waals surface area contributed by atoms with Gasteiger partial charge in [-0.2, -0.15) is 5.10 Å². The van der Waals surface area contributed by atoms with Gasteiger partial charge in [-0.15, -0.1) is 0 Å². The molecule has 1 aromatic heterocycles. The lowest BCUT2D eigenvalue weighted by Crippen LogP contribution is -2.12. The molecule has 0 atom stereocenters. The predicted octanol–water partition coefficient (Wildman–Crippen LogP) is 3.95. The van der Waals surface area contributed by atoms with Crippen LogP contribution in [0.2, 0.25) is 10.0 Å². The van der Waals surface area contributed by atoms with Crippen LogP contribution in [0.15, 0.2) is 59.8 Å². The summed E-state index contributed by atoms with van der Waals surface area (Å²) >= 11 is 12.0. The molecule has 2 aromatic carbocycles. The van der Waals surface area contributed by atoms with Gasteiger partial charge >= 0.3 is 0 Å². The molecule has 11 heteroatoms. The van der Waals surface area contributed by atoms with Crippen LogP contribution in [0, 0.1) is 10.1 Å². The number of aromatic nitrogens is 2. The van der Waals surface area contributed by atoms with E-state index in [0.29, 0.717) is 16.6 Å². The van der Waals surface area contributed by atoms with Crippen molar-refractivity contribution in [2.75, 3.05) is 4.72 Å². The van der Waals surface area contributed by atoms with Gasteiger partial charge in [0.15, 0.2) is 0 Å². The summed E-state index contributed by atoms with van der Waals surface area (Å²) in [4.78, 5) is 9.94. The Labute approximate surface area is 164 Å². The molecule has 8 nitrogen and oxygen atoms in total. The highest BCUT2D eigenvalue weighted by Gasteiger charge is 2.18. The van der Waals surface area contributed by atoms with Crippen LogP contribution in [0.25, 0.3) is 0 Å².